The van der Waals surface area contributed by atoms with Crippen LogP contribution < -0.4 is 10.6 Å². The number of nitrogens with one attached hydrogen (secondary N) is 2. The highest BCUT2D eigenvalue weighted by Gasteiger charge is 2.48. The molecule has 3 fully saturated rings. The zero-order valence-electron chi connectivity index (χ0n) is 21.4. The van der Waals surface area contributed by atoms with Gasteiger partial charge in [-0.3, -0.25) is 14.6 Å². The molecule has 2 bridgehead atoms. The molecule has 3 aliphatic rings. The Kier molecular flexibility index (Phi) is 6.12. The Morgan fingerprint density at radius 1 is 1.00 bits per heavy atom. The van der Waals surface area contributed by atoms with E-state index in [-0.39, 0.29) is 17.9 Å². The molecule has 1 aromatic carbocycles. The summed E-state index contributed by atoms with van der Waals surface area (Å²) in [5.74, 6) is -0.569. The van der Waals surface area contributed by atoms with E-state index in [0.29, 0.717) is 28.1 Å². The summed E-state index contributed by atoms with van der Waals surface area (Å²) in [5, 5.41) is 30.7. The van der Waals surface area contributed by atoms with E-state index in [1.807, 2.05) is 24.3 Å². The maximum absolute atomic E-state index is 13.3. The summed E-state index contributed by atoms with van der Waals surface area (Å²) in [4.78, 5) is 30.5. The normalized spacial score (nSPS) is 21.8. The molecule has 3 heterocycles. The first-order valence-electron chi connectivity index (χ1n) is 13.1. The number of carbonyl (C=O) groups excluding carboxylic acids is 2. The average Bonchev–Trinajstić information content (AvgIpc) is 3.40. The lowest BCUT2D eigenvalue weighted by molar-refractivity contribution is -0.0580. The van der Waals surface area contributed by atoms with Crippen molar-refractivity contribution in [1.29, 1.82) is 5.26 Å². The number of aromatic nitrogens is 3. The molecule has 9 heteroatoms. The van der Waals surface area contributed by atoms with Crippen LogP contribution in [0.15, 0.2) is 67.0 Å². The Morgan fingerprint density at radius 2 is 1.74 bits per heavy atom. The third kappa shape index (κ3) is 4.75. The molecule has 0 radical (unpaired) electrons. The summed E-state index contributed by atoms with van der Waals surface area (Å²) in [6.07, 6.45) is 7.62. The minimum absolute atomic E-state index is 0.128. The fraction of sp³-hybridized carbons (Fsp3) is 0.300. The monoisotopic (exact) mass is 520 g/mol. The minimum Gasteiger partial charge on any atom is -0.390 e. The Balaban J connectivity index is 1.32. The first-order valence-corrected chi connectivity index (χ1v) is 13.1. The van der Waals surface area contributed by atoms with Gasteiger partial charge in [0.25, 0.3) is 5.91 Å². The Labute approximate surface area is 225 Å². The molecule has 39 heavy (non-hydrogen) atoms. The quantitative estimate of drug-likeness (QED) is 0.312. The SMILES string of the molecule is N#Cc1cnn2c(-c3cc(NC45CCC(O)(CC4)CC5)c(C(=O)NCC(=O)c4ccccc4)cn3)ccc2c1. The van der Waals surface area contributed by atoms with Crippen molar-refractivity contribution < 1.29 is 14.7 Å². The van der Waals surface area contributed by atoms with Crippen molar-refractivity contribution in [3.8, 4) is 17.5 Å². The molecule has 3 N–H and O–H groups in total. The summed E-state index contributed by atoms with van der Waals surface area (Å²) < 4.78 is 1.71. The maximum Gasteiger partial charge on any atom is 0.255 e. The first kappa shape index (κ1) is 24.8. The van der Waals surface area contributed by atoms with E-state index < -0.39 is 11.5 Å². The maximum atomic E-state index is 13.3. The van der Waals surface area contributed by atoms with Gasteiger partial charge >= 0.3 is 0 Å². The van der Waals surface area contributed by atoms with Crippen LogP contribution in [0.2, 0.25) is 0 Å². The van der Waals surface area contributed by atoms with E-state index in [2.05, 4.69) is 26.8 Å². The topological polar surface area (TPSA) is 132 Å². The van der Waals surface area contributed by atoms with Crippen molar-refractivity contribution in [3.05, 3.63) is 83.7 Å². The van der Waals surface area contributed by atoms with Gasteiger partial charge in [-0.05, 0) is 62.8 Å². The van der Waals surface area contributed by atoms with E-state index in [4.69, 9.17) is 0 Å². The van der Waals surface area contributed by atoms with Crippen molar-refractivity contribution in [2.45, 2.75) is 49.7 Å². The van der Waals surface area contributed by atoms with Crippen molar-refractivity contribution in [3.63, 3.8) is 0 Å². The smallest absolute Gasteiger partial charge is 0.255 e. The van der Waals surface area contributed by atoms with Gasteiger partial charge in [-0.15, -0.1) is 0 Å². The fourth-order valence-corrected chi connectivity index (χ4v) is 5.76. The number of benzene rings is 1. The zero-order valence-corrected chi connectivity index (χ0v) is 21.4. The summed E-state index contributed by atoms with van der Waals surface area (Å²) in [6, 6.07) is 18.3. The Morgan fingerprint density at radius 3 is 2.46 bits per heavy atom. The summed E-state index contributed by atoms with van der Waals surface area (Å²) >= 11 is 0. The zero-order chi connectivity index (χ0) is 27.0. The van der Waals surface area contributed by atoms with Gasteiger partial charge in [0.1, 0.15) is 6.07 Å². The molecule has 0 atom stereocenters. The van der Waals surface area contributed by atoms with E-state index in [1.165, 1.54) is 12.4 Å². The predicted octanol–water partition coefficient (Wildman–Crippen LogP) is 4.13. The van der Waals surface area contributed by atoms with Crippen LogP contribution in [0, 0.1) is 11.3 Å². The largest absolute Gasteiger partial charge is 0.390 e. The molecule has 0 saturated heterocycles. The molecule has 7 rings (SSSR count). The van der Waals surface area contributed by atoms with Crippen molar-refractivity contribution in [2.24, 2.45) is 0 Å². The van der Waals surface area contributed by atoms with Crippen LogP contribution in [-0.2, 0) is 0 Å². The number of nitriles is 1. The summed E-state index contributed by atoms with van der Waals surface area (Å²) in [6.45, 7) is -0.128. The number of aliphatic hydroxyl groups is 1. The molecular formula is C30H28N6O3. The van der Waals surface area contributed by atoms with Crippen molar-refractivity contribution in [2.75, 3.05) is 11.9 Å². The van der Waals surface area contributed by atoms with E-state index in [9.17, 15) is 20.0 Å². The number of pyridine rings is 1. The third-order valence-corrected chi connectivity index (χ3v) is 8.15. The number of Topliss-reactive ketones (excluding diaryl/α,β-unsaturated/α-hetero) is 1. The molecule has 3 aromatic heterocycles. The van der Waals surface area contributed by atoms with Crippen LogP contribution in [0.1, 0.15) is 64.8 Å². The fourth-order valence-electron chi connectivity index (χ4n) is 5.76. The highest BCUT2D eigenvalue weighted by atomic mass is 16.3. The number of nitrogens with zero attached hydrogens (tertiary/aromatic N) is 4. The van der Waals surface area contributed by atoms with Crippen molar-refractivity contribution in [1.82, 2.24) is 19.9 Å². The number of fused-ring (bicyclic) bond motifs is 4. The highest BCUT2D eigenvalue weighted by molar-refractivity contribution is 6.04. The second kappa shape index (κ2) is 9.64. The van der Waals surface area contributed by atoms with E-state index in [0.717, 1.165) is 49.7 Å². The molecular weight excluding hydrogens is 492 g/mol. The molecule has 3 aliphatic carbocycles. The van der Waals surface area contributed by atoms with Crippen LogP contribution in [0.3, 0.4) is 0 Å². The molecule has 4 aromatic rings. The van der Waals surface area contributed by atoms with E-state index >= 15 is 0 Å². The molecule has 0 unspecified atom stereocenters. The lowest BCUT2D eigenvalue weighted by Gasteiger charge is -2.51. The number of hydrogen-bond donors (Lipinski definition) is 3. The molecule has 1 amide bonds. The predicted molar refractivity (Wildman–Crippen MR) is 145 cm³/mol. The minimum atomic E-state index is -0.580. The van der Waals surface area contributed by atoms with Gasteiger partial charge in [0, 0.05) is 17.3 Å². The first-order chi connectivity index (χ1) is 18.9. The van der Waals surface area contributed by atoms with Crippen LogP contribution in [0.4, 0.5) is 5.69 Å². The molecule has 0 aliphatic heterocycles. The second-order valence-corrected chi connectivity index (χ2v) is 10.6. The number of hydrogen-bond acceptors (Lipinski definition) is 7. The summed E-state index contributed by atoms with van der Waals surface area (Å²) in [7, 11) is 0. The molecule has 3 saturated carbocycles. The number of anilines is 1. The number of rotatable bonds is 7. The number of carbonyl (C=O) groups is 2. The average molecular weight is 521 g/mol. The van der Waals surface area contributed by atoms with Gasteiger partial charge in [-0.2, -0.15) is 10.4 Å². The lowest BCUT2D eigenvalue weighted by Crippen LogP contribution is -2.54. The van der Waals surface area contributed by atoms with Crippen molar-refractivity contribution >= 4 is 22.9 Å². The number of ketones is 1. The Hall–Kier alpha value is -4.55. The van der Waals surface area contributed by atoms with Gasteiger partial charge in [0.05, 0.1) is 52.1 Å². The Bertz CT molecular complexity index is 1600. The van der Waals surface area contributed by atoms with E-state index in [1.54, 1.807) is 34.8 Å². The second-order valence-electron chi connectivity index (χ2n) is 10.6. The third-order valence-electron chi connectivity index (χ3n) is 8.15. The van der Waals surface area contributed by atoms with Crippen LogP contribution in [0.25, 0.3) is 16.9 Å². The van der Waals surface area contributed by atoms with Gasteiger partial charge in [0.15, 0.2) is 5.78 Å². The summed E-state index contributed by atoms with van der Waals surface area (Å²) in [5.41, 5.74) is 3.28. The van der Waals surface area contributed by atoms with Crippen LogP contribution >= 0.6 is 0 Å². The number of amides is 1. The standard InChI is InChI=1S/C30H28N6O3/c31-16-20-14-22-6-7-26(36(22)34-17-20)25-15-24(35-29-8-11-30(39,12-9-29)13-10-29)23(18-32-25)28(38)33-19-27(37)21-4-2-1-3-5-21/h1-7,14-15,17-18,39H,8-13,19H2,(H,32,35)(H,33,38). The highest BCUT2D eigenvalue weighted by Crippen LogP contribution is 2.48. The van der Waals surface area contributed by atoms with Gasteiger partial charge in [0.2, 0.25) is 0 Å². The lowest BCUT2D eigenvalue weighted by atomic mass is 9.63. The van der Waals surface area contributed by atoms with Gasteiger partial charge in [-0.25, -0.2) is 4.52 Å². The molecule has 0 spiro atoms. The van der Waals surface area contributed by atoms with Gasteiger partial charge < -0.3 is 15.7 Å². The van der Waals surface area contributed by atoms with Gasteiger partial charge in [-0.1, -0.05) is 30.3 Å². The van der Waals surface area contributed by atoms with Crippen LogP contribution in [0.5, 0.6) is 0 Å². The molecule has 9 nitrogen and oxygen atoms in total. The van der Waals surface area contributed by atoms with Crippen LogP contribution in [-0.4, -0.2) is 49.1 Å². The molecule has 196 valence electrons.